The second kappa shape index (κ2) is 8.22. The number of nitrogens with zero attached hydrogens (tertiary/aromatic N) is 3. The van der Waals surface area contributed by atoms with Crippen molar-refractivity contribution in [3.8, 4) is 10.7 Å². The van der Waals surface area contributed by atoms with Crippen molar-refractivity contribution >= 4 is 35.0 Å². The van der Waals surface area contributed by atoms with E-state index in [-0.39, 0.29) is 11.7 Å². The van der Waals surface area contributed by atoms with Crippen molar-refractivity contribution in [2.24, 2.45) is 13.0 Å². The van der Waals surface area contributed by atoms with E-state index in [9.17, 15) is 9.59 Å². The molecule has 2 heterocycles. The maximum Gasteiger partial charge on any atom is 0.321 e. The molecule has 0 spiro atoms. The number of imide groups is 1. The normalized spacial score (nSPS) is 16.2. The van der Waals surface area contributed by atoms with Crippen LogP contribution >= 0.6 is 23.1 Å². The molecule has 26 heavy (non-hydrogen) atoms. The third kappa shape index (κ3) is 4.09. The molecule has 1 aliphatic carbocycles. The Morgan fingerprint density at radius 3 is 2.96 bits per heavy atom. The van der Waals surface area contributed by atoms with Crippen molar-refractivity contribution in [2.75, 3.05) is 12.8 Å². The lowest BCUT2D eigenvalue weighted by molar-refractivity contribution is -0.117. The van der Waals surface area contributed by atoms with Crippen molar-refractivity contribution < 1.29 is 9.59 Å². The van der Waals surface area contributed by atoms with Gasteiger partial charge in [-0.15, -0.1) is 21.5 Å². The summed E-state index contributed by atoms with van der Waals surface area (Å²) in [5.74, 6) is 1.36. The molecule has 0 radical (unpaired) electrons. The van der Waals surface area contributed by atoms with E-state index in [0.29, 0.717) is 5.16 Å². The highest BCUT2D eigenvalue weighted by Crippen LogP contribution is 2.37. The summed E-state index contributed by atoms with van der Waals surface area (Å²) in [6, 6.07) is 1.74. The first-order valence-electron chi connectivity index (χ1n) is 8.67. The lowest BCUT2D eigenvalue weighted by Gasteiger charge is -2.19. The van der Waals surface area contributed by atoms with E-state index in [1.165, 1.54) is 42.1 Å². The monoisotopic (exact) mass is 393 g/mol. The van der Waals surface area contributed by atoms with Gasteiger partial charge in [0.05, 0.1) is 10.6 Å². The van der Waals surface area contributed by atoms with Gasteiger partial charge >= 0.3 is 6.03 Å². The van der Waals surface area contributed by atoms with Crippen LogP contribution in [-0.4, -0.2) is 39.5 Å². The fourth-order valence-electron chi connectivity index (χ4n) is 3.07. The Labute approximate surface area is 161 Å². The van der Waals surface area contributed by atoms with E-state index < -0.39 is 6.03 Å². The average molecular weight is 394 g/mol. The molecule has 9 heteroatoms. The maximum atomic E-state index is 11.7. The van der Waals surface area contributed by atoms with Crippen molar-refractivity contribution in [1.29, 1.82) is 0 Å². The molecule has 140 valence electrons. The van der Waals surface area contributed by atoms with Gasteiger partial charge in [0, 0.05) is 19.0 Å². The van der Waals surface area contributed by atoms with Crippen molar-refractivity contribution in [1.82, 2.24) is 25.4 Å². The van der Waals surface area contributed by atoms with Gasteiger partial charge in [-0.3, -0.25) is 10.1 Å². The topological polar surface area (TPSA) is 88.9 Å². The number of hydrogen-bond donors (Lipinski definition) is 2. The Bertz CT molecular complexity index is 814. The standard InChI is InChI=1S/C17H23N5O2S2/c1-4-10-5-6-12-11(7-10)8-13(26-12)15-20-21-17(22(15)3)25-9-14(23)19-16(24)18-2/h8,10H,4-7,9H2,1-3H3,(H2,18,19,23,24). The fraction of sp³-hybridized carbons (Fsp3) is 0.529. The zero-order valence-corrected chi connectivity index (χ0v) is 16.8. The lowest BCUT2D eigenvalue weighted by atomic mass is 9.87. The Morgan fingerprint density at radius 2 is 2.23 bits per heavy atom. The van der Waals surface area contributed by atoms with Crippen LogP contribution < -0.4 is 10.6 Å². The van der Waals surface area contributed by atoms with Crippen molar-refractivity contribution in [2.45, 2.75) is 37.8 Å². The first kappa shape index (κ1) is 18.9. The van der Waals surface area contributed by atoms with Crippen LogP contribution in [0.1, 0.15) is 30.2 Å². The molecule has 1 unspecified atom stereocenters. The van der Waals surface area contributed by atoms with Crippen LogP contribution in [-0.2, 0) is 24.7 Å². The fourth-order valence-corrected chi connectivity index (χ4v) is 5.01. The van der Waals surface area contributed by atoms with Crippen LogP contribution in [0.3, 0.4) is 0 Å². The quantitative estimate of drug-likeness (QED) is 0.762. The highest BCUT2D eigenvalue weighted by Gasteiger charge is 2.22. The summed E-state index contributed by atoms with van der Waals surface area (Å²) < 4.78 is 1.91. The summed E-state index contributed by atoms with van der Waals surface area (Å²) in [5, 5.41) is 13.8. The van der Waals surface area contributed by atoms with Crippen LogP contribution in [0.5, 0.6) is 0 Å². The van der Waals surface area contributed by atoms with Crippen LogP contribution in [0, 0.1) is 5.92 Å². The number of fused-ring (bicyclic) bond motifs is 1. The molecule has 1 aliphatic rings. The molecule has 0 saturated carbocycles. The molecule has 0 bridgehead atoms. The number of nitrogens with one attached hydrogen (secondary N) is 2. The first-order chi connectivity index (χ1) is 12.5. The number of thioether (sulfide) groups is 1. The number of carbonyl (C=O) groups excluding carboxylic acids is 2. The summed E-state index contributed by atoms with van der Waals surface area (Å²) >= 11 is 3.06. The van der Waals surface area contributed by atoms with Crippen LogP contribution in [0.15, 0.2) is 11.2 Å². The molecule has 0 saturated heterocycles. The molecule has 1 atom stereocenters. The third-order valence-electron chi connectivity index (χ3n) is 4.63. The molecule has 2 aromatic rings. The van der Waals surface area contributed by atoms with Gasteiger partial charge in [-0.05, 0) is 36.8 Å². The van der Waals surface area contributed by atoms with Crippen molar-refractivity contribution in [3.05, 3.63) is 16.5 Å². The van der Waals surface area contributed by atoms with Gasteiger partial charge in [0.25, 0.3) is 0 Å². The van der Waals surface area contributed by atoms with E-state index in [1.807, 2.05) is 11.6 Å². The van der Waals surface area contributed by atoms with Gasteiger partial charge in [0.1, 0.15) is 0 Å². The molecule has 2 aromatic heterocycles. The predicted molar refractivity (Wildman–Crippen MR) is 103 cm³/mol. The lowest BCUT2D eigenvalue weighted by Crippen LogP contribution is -2.38. The SMILES string of the molecule is CCC1CCc2sc(-c3nnc(SCC(=O)NC(=O)NC)n3C)cc2C1. The molecule has 3 amide bonds. The van der Waals surface area contributed by atoms with E-state index in [2.05, 4.69) is 33.8 Å². The molecular weight excluding hydrogens is 370 g/mol. The smallest absolute Gasteiger partial charge is 0.321 e. The summed E-state index contributed by atoms with van der Waals surface area (Å²) in [6.07, 6.45) is 4.80. The number of aromatic nitrogens is 3. The van der Waals surface area contributed by atoms with Gasteiger partial charge in [0.2, 0.25) is 5.91 Å². The van der Waals surface area contributed by atoms with E-state index in [1.54, 1.807) is 11.3 Å². The number of urea groups is 1. The van der Waals surface area contributed by atoms with Gasteiger partial charge in [-0.25, -0.2) is 4.79 Å². The maximum absolute atomic E-state index is 11.7. The molecule has 0 aliphatic heterocycles. The second-order valence-electron chi connectivity index (χ2n) is 6.36. The molecule has 7 nitrogen and oxygen atoms in total. The second-order valence-corrected chi connectivity index (χ2v) is 8.44. The van der Waals surface area contributed by atoms with Crippen LogP contribution in [0.2, 0.25) is 0 Å². The zero-order valence-electron chi connectivity index (χ0n) is 15.2. The minimum Gasteiger partial charge on any atom is -0.341 e. The van der Waals surface area contributed by atoms with Crippen molar-refractivity contribution in [3.63, 3.8) is 0 Å². The number of hydrogen-bond acceptors (Lipinski definition) is 6. The molecule has 0 fully saturated rings. The van der Waals surface area contributed by atoms with Gasteiger partial charge in [-0.2, -0.15) is 0 Å². The van der Waals surface area contributed by atoms with E-state index in [4.69, 9.17) is 0 Å². The van der Waals surface area contributed by atoms with Gasteiger partial charge in [-0.1, -0.05) is 25.1 Å². The zero-order chi connectivity index (χ0) is 18.7. The minimum absolute atomic E-state index is 0.110. The highest BCUT2D eigenvalue weighted by molar-refractivity contribution is 7.99. The largest absolute Gasteiger partial charge is 0.341 e. The molecule has 3 rings (SSSR count). The minimum atomic E-state index is -0.510. The summed E-state index contributed by atoms with van der Waals surface area (Å²) in [4.78, 5) is 25.5. The number of rotatable bonds is 5. The first-order valence-corrected chi connectivity index (χ1v) is 10.5. The van der Waals surface area contributed by atoms with E-state index >= 15 is 0 Å². The predicted octanol–water partition coefficient (Wildman–Crippen LogP) is 2.61. The molecule has 2 N–H and O–H groups in total. The Kier molecular flexibility index (Phi) is 5.98. The summed E-state index contributed by atoms with van der Waals surface area (Å²) in [7, 11) is 3.37. The number of carbonyl (C=O) groups is 2. The van der Waals surface area contributed by atoms with Crippen LogP contribution in [0.25, 0.3) is 10.7 Å². The number of amides is 3. The number of thiophene rings is 1. The molecular formula is C17H23N5O2S2. The average Bonchev–Trinajstić information content (AvgIpc) is 3.22. The Balaban J connectivity index is 1.69. The Hall–Kier alpha value is -1.87. The van der Waals surface area contributed by atoms with Gasteiger partial charge < -0.3 is 9.88 Å². The highest BCUT2D eigenvalue weighted by atomic mass is 32.2. The number of aryl methyl sites for hydroxylation is 1. The van der Waals surface area contributed by atoms with E-state index in [0.717, 1.165) is 29.5 Å². The summed E-state index contributed by atoms with van der Waals surface area (Å²) in [6.45, 7) is 2.26. The summed E-state index contributed by atoms with van der Waals surface area (Å²) in [5.41, 5.74) is 1.45. The third-order valence-corrected chi connectivity index (χ3v) is 6.88. The molecule has 0 aromatic carbocycles. The Morgan fingerprint density at radius 1 is 1.42 bits per heavy atom. The van der Waals surface area contributed by atoms with Crippen LogP contribution in [0.4, 0.5) is 4.79 Å². The van der Waals surface area contributed by atoms with Gasteiger partial charge in [0.15, 0.2) is 11.0 Å².